The zero-order valence-corrected chi connectivity index (χ0v) is 17.0. The molecule has 0 saturated heterocycles. The molecule has 29 heavy (non-hydrogen) atoms. The van der Waals surface area contributed by atoms with Crippen molar-refractivity contribution in [2.24, 2.45) is 0 Å². The maximum absolute atomic E-state index is 12.4. The van der Waals surface area contributed by atoms with E-state index in [1.165, 1.54) is 13.8 Å². The highest BCUT2D eigenvalue weighted by molar-refractivity contribution is 6.28. The van der Waals surface area contributed by atoms with Crippen LogP contribution in [0.2, 0.25) is 0 Å². The fourth-order valence-electron chi connectivity index (χ4n) is 2.29. The number of ketones is 1. The number of Topliss-reactive ketones (excluding diaryl/α,β-unsaturated/α-hetero) is 1. The van der Waals surface area contributed by atoms with Crippen molar-refractivity contribution in [1.29, 1.82) is 0 Å². The fraction of sp³-hybridized carbons (Fsp3) is 0.421. The molecule has 0 aliphatic carbocycles. The summed E-state index contributed by atoms with van der Waals surface area (Å²) in [6.45, 7) is 2.11. The second-order valence-electron chi connectivity index (χ2n) is 6.33. The normalized spacial score (nSPS) is 12.2. The summed E-state index contributed by atoms with van der Waals surface area (Å²) in [5, 5.41) is 9.64. The summed E-state index contributed by atoms with van der Waals surface area (Å²) in [7, 11) is 0. The van der Waals surface area contributed by atoms with Crippen LogP contribution < -0.4 is 21.3 Å². The van der Waals surface area contributed by atoms with E-state index in [2.05, 4.69) is 21.3 Å². The molecule has 2 atom stereocenters. The smallest absolute Gasteiger partial charge is 0.242 e. The van der Waals surface area contributed by atoms with Gasteiger partial charge in [-0.2, -0.15) is 0 Å². The van der Waals surface area contributed by atoms with Gasteiger partial charge >= 0.3 is 0 Å². The van der Waals surface area contributed by atoms with Crippen molar-refractivity contribution in [3.63, 3.8) is 0 Å². The number of hydrogen-bond donors (Lipinski definition) is 4. The van der Waals surface area contributed by atoms with Gasteiger partial charge in [-0.05, 0) is 18.9 Å². The molecular weight excluding hydrogens is 400 g/mol. The van der Waals surface area contributed by atoms with Gasteiger partial charge in [0.25, 0.3) is 0 Å². The lowest BCUT2D eigenvalue weighted by atomic mass is 10.0. The van der Waals surface area contributed by atoms with Gasteiger partial charge in [0.2, 0.25) is 23.6 Å². The minimum atomic E-state index is -0.934. The van der Waals surface area contributed by atoms with Gasteiger partial charge < -0.3 is 21.3 Å². The molecular formula is C19H25ClN4O5. The standard InChI is InChI=1S/C19H25ClN4O5/c1-12(23-18(28)11-22-17(27)10-21-13(2)25)19(29)24-15(16(26)9-20)8-14-6-4-3-5-7-14/h3-7,12,15H,8-11H2,1-2H3,(H,21,25)(H,22,27)(H,23,28)(H,24,29)/t12-,15-/m0/s1. The van der Waals surface area contributed by atoms with Crippen molar-refractivity contribution in [1.82, 2.24) is 21.3 Å². The molecule has 1 aromatic rings. The van der Waals surface area contributed by atoms with Crippen LogP contribution in [-0.4, -0.2) is 60.5 Å². The highest BCUT2D eigenvalue weighted by Crippen LogP contribution is 2.05. The number of rotatable bonds is 11. The van der Waals surface area contributed by atoms with Crippen LogP contribution in [0.4, 0.5) is 0 Å². The number of alkyl halides is 1. The summed E-state index contributed by atoms with van der Waals surface area (Å²) in [4.78, 5) is 58.5. The first kappa shape index (κ1) is 24.1. The van der Waals surface area contributed by atoms with Gasteiger partial charge in [-0.25, -0.2) is 0 Å². The quantitative estimate of drug-likeness (QED) is 0.348. The monoisotopic (exact) mass is 424 g/mol. The summed E-state index contributed by atoms with van der Waals surface area (Å²) in [6.07, 6.45) is 0.276. The summed E-state index contributed by atoms with van der Waals surface area (Å²) in [6, 6.07) is 7.39. The van der Waals surface area contributed by atoms with E-state index in [1.54, 1.807) is 0 Å². The molecule has 0 fully saturated rings. The summed E-state index contributed by atoms with van der Waals surface area (Å²) >= 11 is 5.64. The highest BCUT2D eigenvalue weighted by atomic mass is 35.5. The van der Waals surface area contributed by atoms with E-state index in [-0.39, 0.29) is 37.1 Å². The predicted molar refractivity (Wildman–Crippen MR) is 107 cm³/mol. The molecule has 1 rings (SSSR count). The molecule has 1 aromatic carbocycles. The molecule has 0 unspecified atom stereocenters. The van der Waals surface area contributed by atoms with Crippen molar-refractivity contribution in [3.8, 4) is 0 Å². The number of nitrogens with one attached hydrogen (secondary N) is 4. The molecule has 4 amide bonds. The van der Waals surface area contributed by atoms with E-state index in [9.17, 15) is 24.0 Å². The highest BCUT2D eigenvalue weighted by Gasteiger charge is 2.24. The van der Waals surface area contributed by atoms with Crippen LogP contribution in [0.3, 0.4) is 0 Å². The van der Waals surface area contributed by atoms with E-state index in [4.69, 9.17) is 11.6 Å². The molecule has 9 nitrogen and oxygen atoms in total. The Bertz CT molecular complexity index is 741. The van der Waals surface area contributed by atoms with Gasteiger partial charge in [0.15, 0.2) is 5.78 Å². The third kappa shape index (κ3) is 9.70. The molecule has 4 N–H and O–H groups in total. The van der Waals surface area contributed by atoms with Crippen molar-refractivity contribution < 1.29 is 24.0 Å². The number of carbonyl (C=O) groups excluding carboxylic acids is 5. The van der Waals surface area contributed by atoms with Crippen molar-refractivity contribution >= 4 is 41.0 Å². The molecule has 0 heterocycles. The first-order valence-electron chi connectivity index (χ1n) is 8.96. The van der Waals surface area contributed by atoms with Gasteiger partial charge in [0.05, 0.1) is 25.0 Å². The van der Waals surface area contributed by atoms with Crippen LogP contribution in [0.15, 0.2) is 30.3 Å². The second kappa shape index (κ2) is 12.5. The minimum Gasteiger partial charge on any atom is -0.347 e. The third-order valence-electron chi connectivity index (χ3n) is 3.83. The molecule has 10 heteroatoms. The fourth-order valence-corrected chi connectivity index (χ4v) is 2.48. The second-order valence-corrected chi connectivity index (χ2v) is 6.59. The van der Waals surface area contributed by atoms with Gasteiger partial charge in [-0.3, -0.25) is 24.0 Å². The minimum absolute atomic E-state index is 0.250. The van der Waals surface area contributed by atoms with Crippen LogP contribution >= 0.6 is 11.6 Å². The zero-order chi connectivity index (χ0) is 21.8. The SMILES string of the molecule is CC(=O)NCC(=O)NCC(=O)N[C@@H](C)C(=O)N[C@@H](Cc1ccccc1)C(=O)CCl. The van der Waals surface area contributed by atoms with Gasteiger partial charge in [0.1, 0.15) is 6.04 Å². The van der Waals surface area contributed by atoms with Crippen LogP contribution in [0.1, 0.15) is 19.4 Å². The Labute approximate surface area is 173 Å². The molecule has 0 radical (unpaired) electrons. The summed E-state index contributed by atoms with van der Waals surface area (Å²) in [5.41, 5.74) is 0.856. The maximum Gasteiger partial charge on any atom is 0.242 e. The Morgan fingerprint density at radius 1 is 0.931 bits per heavy atom. The van der Waals surface area contributed by atoms with Crippen LogP contribution in [0.5, 0.6) is 0 Å². The maximum atomic E-state index is 12.4. The van der Waals surface area contributed by atoms with E-state index in [0.29, 0.717) is 0 Å². The molecule has 0 saturated carbocycles. The topological polar surface area (TPSA) is 133 Å². The average molecular weight is 425 g/mol. The number of halogens is 1. The van der Waals surface area contributed by atoms with Gasteiger partial charge in [0, 0.05) is 6.92 Å². The molecule has 0 spiro atoms. The van der Waals surface area contributed by atoms with E-state index < -0.39 is 29.8 Å². The lowest BCUT2D eigenvalue weighted by molar-refractivity contribution is -0.131. The Morgan fingerprint density at radius 2 is 1.55 bits per heavy atom. The van der Waals surface area contributed by atoms with Crippen LogP contribution in [-0.2, 0) is 30.4 Å². The lowest BCUT2D eigenvalue weighted by Gasteiger charge is -2.20. The lowest BCUT2D eigenvalue weighted by Crippen LogP contribution is -2.52. The van der Waals surface area contributed by atoms with Crippen molar-refractivity contribution in [2.75, 3.05) is 19.0 Å². The van der Waals surface area contributed by atoms with E-state index in [1.807, 2.05) is 30.3 Å². The Morgan fingerprint density at radius 3 is 2.14 bits per heavy atom. The first-order valence-corrected chi connectivity index (χ1v) is 9.49. The molecule has 0 bridgehead atoms. The van der Waals surface area contributed by atoms with E-state index in [0.717, 1.165) is 5.56 Å². The molecule has 158 valence electrons. The Balaban J connectivity index is 2.52. The van der Waals surface area contributed by atoms with Crippen molar-refractivity contribution in [3.05, 3.63) is 35.9 Å². The zero-order valence-electron chi connectivity index (χ0n) is 16.3. The third-order valence-corrected chi connectivity index (χ3v) is 4.10. The number of hydrogen-bond acceptors (Lipinski definition) is 5. The average Bonchev–Trinajstić information content (AvgIpc) is 2.70. The van der Waals surface area contributed by atoms with E-state index >= 15 is 0 Å². The molecule has 0 aromatic heterocycles. The number of amides is 4. The van der Waals surface area contributed by atoms with Crippen molar-refractivity contribution in [2.45, 2.75) is 32.4 Å². The van der Waals surface area contributed by atoms with Crippen LogP contribution in [0.25, 0.3) is 0 Å². The molecule has 0 aliphatic heterocycles. The number of carbonyl (C=O) groups is 5. The van der Waals surface area contributed by atoms with Crippen LogP contribution in [0, 0.1) is 0 Å². The summed E-state index contributed by atoms with van der Waals surface area (Å²) in [5.74, 6) is -2.64. The predicted octanol–water partition coefficient (Wildman–Crippen LogP) is -0.721. The summed E-state index contributed by atoms with van der Waals surface area (Å²) < 4.78 is 0. The Kier molecular flexibility index (Phi) is 10.4. The molecule has 0 aliphatic rings. The van der Waals surface area contributed by atoms with Gasteiger partial charge in [-0.15, -0.1) is 11.6 Å². The van der Waals surface area contributed by atoms with Gasteiger partial charge in [-0.1, -0.05) is 30.3 Å². The Hall–Kier alpha value is -2.94. The largest absolute Gasteiger partial charge is 0.347 e. The first-order chi connectivity index (χ1) is 13.7. The number of benzene rings is 1.